The van der Waals surface area contributed by atoms with Crippen LogP contribution in [0.1, 0.15) is 25.3 Å². The van der Waals surface area contributed by atoms with E-state index in [9.17, 15) is 13.2 Å². The van der Waals surface area contributed by atoms with Gasteiger partial charge < -0.3 is 10.2 Å². The molecule has 2 heterocycles. The van der Waals surface area contributed by atoms with Gasteiger partial charge in [-0.1, -0.05) is 6.92 Å². The summed E-state index contributed by atoms with van der Waals surface area (Å²) in [6.07, 6.45) is -1.09. The van der Waals surface area contributed by atoms with Crippen LogP contribution in [0, 0.1) is 5.41 Å². The van der Waals surface area contributed by atoms with Crippen LogP contribution in [-0.4, -0.2) is 36.6 Å². The summed E-state index contributed by atoms with van der Waals surface area (Å²) in [5.41, 5.74) is -0.724. The van der Waals surface area contributed by atoms with Crippen molar-refractivity contribution < 1.29 is 13.2 Å². The molecule has 0 saturated carbocycles. The van der Waals surface area contributed by atoms with E-state index >= 15 is 0 Å². The maximum atomic E-state index is 13.0. The molecule has 3 nitrogen and oxygen atoms in total. The summed E-state index contributed by atoms with van der Waals surface area (Å²) in [6, 6.07) is 1.06. The molecular formula is C14H19BrF3N3. The second-order valence-corrected chi connectivity index (χ2v) is 6.93. The molecule has 0 atom stereocenters. The van der Waals surface area contributed by atoms with Crippen molar-refractivity contribution in [3.63, 3.8) is 0 Å². The molecule has 1 aromatic rings. The zero-order valence-electron chi connectivity index (χ0n) is 12.1. The van der Waals surface area contributed by atoms with E-state index in [1.165, 1.54) is 6.20 Å². The van der Waals surface area contributed by atoms with Crippen molar-refractivity contribution in [2.24, 2.45) is 5.41 Å². The highest BCUT2D eigenvalue weighted by Crippen LogP contribution is 2.36. The van der Waals surface area contributed by atoms with Gasteiger partial charge in [-0.3, -0.25) is 0 Å². The average molecular weight is 366 g/mol. The summed E-state index contributed by atoms with van der Waals surface area (Å²) in [4.78, 5) is 6.12. The fourth-order valence-corrected chi connectivity index (χ4v) is 2.76. The highest BCUT2D eigenvalue weighted by atomic mass is 79.9. The molecule has 1 saturated heterocycles. The lowest BCUT2D eigenvalue weighted by molar-refractivity contribution is -0.137. The number of likely N-dealkylation sites (tertiary alicyclic amines) is 1. The number of hydrogen-bond acceptors (Lipinski definition) is 3. The van der Waals surface area contributed by atoms with E-state index in [4.69, 9.17) is 0 Å². The van der Waals surface area contributed by atoms with Gasteiger partial charge in [-0.15, -0.1) is 0 Å². The largest absolute Gasteiger partial charge is 0.419 e. The van der Waals surface area contributed by atoms with E-state index in [0.717, 1.165) is 32.0 Å². The highest BCUT2D eigenvalue weighted by molar-refractivity contribution is 9.10. The number of pyridine rings is 1. The molecule has 0 bridgehead atoms. The van der Waals surface area contributed by atoms with Gasteiger partial charge in [-0.2, -0.15) is 13.2 Å². The fraction of sp³-hybridized carbons (Fsp3) is 0.643. The lowest BCUT2D eigenvalue weighted by Gasteiger charge is -2.38. The smallest absolute Gasteiger partial charge is 0.369 e. The fourth-order valence-electron chi connectivity index (χ4n) is 2.43. The molecule has 0 aromatic carbocycles. The molecule has 1 aromatic heterocycles. The van der Waals surface area contributed by atoms with E-state index in [-0.39, 0.29) is 11.2 Å². The molecule has 21 heavy (non-hydrogen) atoms. The SMILES string of the molecule is CN1CCC(C)(CNc2ncc(Br)cc2C(F)(F)F)CC1. The van der Waals surface area contributed by atoms with E-state index in [0.29, 0.717) is 11.0 Å². The van der Waals surface area contributed by atoms with Crippen LogP contribution in [0.3, 0.4) is 0 Å². The van der Waals surface area contributed by atoms with Crippen LogP contribution >= 0.6 is 15.9 Å². The Labute approximate surface area is 131 Å². The lowest BCUT2D eigenvalue weighted by Crippen LogP contribution is -2.40. The first-order chi connectivity index (χ1) is 9.70. The number of rotatable bonds is 3. The predicted octanol–water partition coefficient (Wildman–Crippen LogP) is 4.01. The molecule has 0 radical (unpaired) electrons. The van der Waals surface area contributed by atoms with E-state index in [1.54, 1.807) is 0 Å². The Hall–Kier alpha value is -0.820. The van der Waals surface area contributed by atoms with Crippen molar-refractivity contribution in [3.05, 3.63) is 22.3 Å². The molecule has 7 heteroatoms. The van der Waals surface area contributed by atoms with Crippen molar-refractivity contribution in [2.45, 2.75) is 25.9 Å². The molecule has 1 N–H and O–H groups in total. The first-order valence-electron chi connectivity index (χ1n) is 6.85. The zero-order valence-corrected chi connectivity index (χ0v) is 13.7. The quantitative estimate of drug-likeness (QED) is 0.876. The molecule has 0 unspecified atom stereocenters. The molecule has 0 spiro atoms. The van der Waals surface area contributed by atoms with Gasteiger partial charge in [-0.25, -0.2) is 4.98 Å². The van der Waals surface area contributed by atoms with Crippen molar-refractivity contribution in [2.75, 3.05) is 32.0 Å². The average Bonchev–Trinajstić information content (AvgIpc) is 2.40. The summed E-state index contributed by atoms with van der Waals surface area (Å²) in [7, 11) is 2.06. The molecule has 118 valence electrons. The third-order valence-electron chi connectivity index (χ3n) is 4.04. The number of nitrogens with one attached hydrogen (secondary N) is 1. The van der Waals surface area contributed by atoms with Crippen LogP contribution < -0.4 is 5.32 Å². The number of anilines is 1. The summed E-state index contributed by atoms with van der Waals surface area (Å²) >= 11 is 3.04. The minimum atomic E-state index is -4.41. The van der Waals surface area contributed by atoms with Gasteiger partial charge in [0.2, 0.25) is 0 Å². The van der Waals surface area contributed by atoms with Crippen LogP contribution in [0.2, 0.25) is 0 Å². The molecule has 0 aliphatic carbocycles. The van der Waals surface area contributed by atoms with E-state index in [2.05, 4.69) is 45.1 Å². The molecule has 2 rings (SSSR count). The number of halogens is 4. The normalized spacial score (nSPS) is 19.5. The standard InChI is InChI=1S/C14H19BrF3N3/c1-13(3-5-21(2)6-4-13)9-20-12-11(14(16,17)18)7-10(15)8-19-12/h7-8H,3-6,9H2,1-2H3,(H,19,20). The summed E-state index contributed by atoms with van der Waals surface area (Å²) < 4.78 is 39.4. The van der Waals surface area contributed by atoms with Gasteiger partial charge in [0.25, 0.3) is 0 Å². The maximum absolute atomic E-state index is 13.0. The van der Waals surface area contributed by atoms with Gasteiger partial charge >= 0.3 is 6.18 Å². The van der Waals surface area contributed by atoms with Gasteiger partial charge in [-0.05, 0) is 60.4 Å². The van der Waals surface area contributed by atoms with Gasteiger partial charge in [0.1, 0.15) is 5.82 Å². The minimum Gasteiger partial charge on any atom is -0.369 e. The Balaban J connectivity index is 2.10. The van der Waals surface area contributed by atoms with Crippen molar-refractivity contribution in [3.8, 4) is 0 Å². The monoisotopic (exact) mass is 365 g/mol. The Kier molecular flexibility index (Phi) is 4.82. The van der Waals surface area contributed by atoms with Gasteiger partial charge in [0.05, 0.1) is 5.56 Å². The van der Waals surface area contributed by atoms with Crippen molar-refractivity contribution >= 4 is 21.7 Å². The first kappa shape index (κ1) is 16.5. The maximum Gasteiger partial charge on any atom is 0.419 e. The van der Waals surface area contributed by atoms with Crippen molar-refractivity contribution in [1.82, 2.24) is 9.88 Å². The summed E-state index contributed by atoms with van der Waals surface area (Å²) in [6.45, 7) is 4.55. The predicted molar refractivity (Wildman–Crippen MR) is 80.3 cm³/mol. The van der Waals surface area contributed by atoms with Gasteiger partial charge in [0, 0.05) is 17.2 Å². The third-order valence-corrected chi connectivity index (χ3v) is 4.47. The Morgan fingerprint density at radius 3 is 2.57 bits per heavy atom. The number of nitrogens with zero attached hydrogens (tertiary/aromatic N) is 2. The Morgan fingerprint density at radius 2 is 2.00 bits per heavy atom. The Bertz CT molecular complexity index is 497. The van der Waals surface area contributed by atoms with Gasteiger partial charge in [0.15, 0.2) is 0 Å². The van der Waals surface area contributed by atoms with Crippen molar-refractivity contribution in [1.29, 1.82) is 0 Å². The molecular weight excluding hydrogens is 347 g/mol. The summed E-state index contributed by atoms with van der Waals surface area (Å²) in [5.74, 6) is -0.0918. The highest BCUT2D eigenvalue weighted by Gasteiger charge is 2.35. The number of aromatic nitrogens is 1. The first-order valence-corrected chi connectivity index (χ1v) is 7.64. The number of piperidine rings is 1. The second kappa shape index (κ2) is 6.12. The van der Waals surface area contributed by atoms with Crippen LogP contribution in [0.4, 0.5) is 19.0 Å². The van der Waals surface area contributed by atoms with E-state index in [1.807, 2.05) is 0 Å². The molecule has 0 amide bonds. The minimum absolute atomic E-state index is 0.00410. The topological polar surface area (TPSA) is 28.2 Å². The third kappa shape index (κ3) is 4.32. The second-order valence-electron chi connectivity index (χ2n) is 6.01. The van der Waals surface area contributed by atoms with E-state index < -0.39 is 11.7 Å². The molecule has 1 aliphatic heterocycles. The molecule has 1 fully saturated rings. The summed E-state index contributed by atoms with van der Waals surface area (Å²) in [5, 5.41) is 2.90. The molecule has 1 aliphatic rings. The lowest BCUT2D eigenvalue weighted by atomic mass is 9.80. The number of alkyl halides is 3. The number of hydrogen-bond donors (Lipinski definition) is 1. The zero-order chi connectivity index (χ0) is 15.7. The van der Waals surface area contributed by atoms with Crippen LogP contribution in [0.25, 0.3) is 0 Å². The Morgan fingerprint density at radius 1 is 1.38 bits per heavy atom. The van der Waals surface area contributed by atoms with Crippen LogP contribution in [-0.2, 0) is 6.18 Å². The van der Waals surface area contributed by atoms with Crippen LogP contribution in [0.5, 0.6) is 0 Å². The van der Waals surface area contributed by atoms with Crippen LogP contribution in [0.15, 0.2) is 16.7 Å².